The van der Waals surface area contributed by atoms with Crippen molar-refractivity contribution >= 4 is 29.5 Å². The number of amides is 2. The van der Waals surface area contributed by atoms with Crippen molar-refractivity contribution in [3.63, 3.8) is 0 Å². The molecule has 0 aliphatic rings. The minimum Gasteiger partial charge on any atom is -0.461 e. The molecule has 3 atom stereocenters. The van der Waals surface area contributed by atoms with Gasteiger partial charge >= 0.3 is 5.97 Å². The second-order valence-electron chi connectivity index (χ2n) is 12.2. The summed E-state index contributed by atoms with van der Waals surface area (Å²) in [5, 5.41) is 26.5. The molecule has 262 valence electrons. The van der Waals surface area contributed by atoms with E-state index in [9.17, 15) is 24.6 Å². The van der Waals surface area contributed by atoms with E-state index in [0.29, 0.717) is 12.8 Å². The number of hydrogen-bond donors (Lipinski definition) is 4. The number of carbonyl (C=O) groups excluding carboxylic acids is 3. The molecule has 0 spiro atoms. The van der Waals surface area contributed by atoms with E-state index in [1.54, 1.807) is 6.08 Å². The smallest absolute Gasteiger partial charge is 0.308 e. The number of thioether (sulfide) groups is 1. The normalized spacial score (nSPS) is 13.4. The number of esters is 1. The Balaban J connectivity index is 1.45. The fourth-order valence-electron chi connectivity index (χ4n) is 5.58. The summed E-state index contributed by atoms with van der Waals surface area (Å²) in [5.41, 5.74) is 3.57. The van der Waals surface area contributed by atoms with Crippen LogP contribution in [0, 0.1) is 5.92 Å². The first-order valence-electron chi connectivity index (χ1n) is 16.8. The first kappa shape index (κ1) is 39.3. The maximum Gasteiger partial charge on any atom is 0.308 e. The molecule has 0 saturated carbocycles. The number of aliphatic hydroxyl groups is 2. The van der Waals surface area contributed by atoms with E-state index < -0.39 is 29.0 Å². The topological polar surface area (TPSA) is 125 Å². The summed E-state index contributed by atoms with van der Waals surface area (Å²) in [6.45, 7) is 7.49. The van der Waals surface area contributed by atoms with Gasteiger partial charge in [-0.15, -0.1) is 11.8 Å². The van der Waals surface area contributed by atoms with E-state index in [0.717, 1.165) is 5.75 Å². The molecule has 0 aliphatic carbocycles. The standard InChI is InChI=1S/C40H50N2O6S/c1-4-26-48-38(47)29-35(44)39(30(2)3)42-36(45)24-16-25-41-37(46)28-34(43)23-14-15-27-49-40(31-17-8-5-9-18-31,32-19-10-6-11-20-32)33-21-12-7-13-22-33/h4-14,17-23,30,34-35,39,43-44H,1,15-16,24-29H2,2-3H3,(H,41,46)(H,42,45)/t34?,35-,39+/m0/s1. The van der Waals surface area contributed by atoms with Crippen LogP contribution < -0.4 is 10.6 Å². The summed E-state index contributed by atoms with van der Waals surface area (Å²) in [4.78, 5) is 36.8. The quantitative estimate of drug-likeness (QED) is 0.0474. The first-order chi connectivity index (χ1) is 23.7. The second-order valence-corrected chi connectivity index (χ2v) is 13.5. The molecular weight excluding hydrogens is 637 g/mol. The van der Waals surface area contributed by atoms with Crippen LogP contribution in [-0.4, -0.2) is 65.2 Å². The first-order valence-corrected chi connectivity index (χ1v) is 17.8. The number of aliphatic hydroxyl groups excluding tert-OH is 2. The van der Waals surface area contributed by atoms with Crippen molar-refractivity contribution in [3.8, 4) is 0 Å². The average Bonchev–Trinajstić information content (AvgIpc) is 3.10. The van der Waals surface area contributed by atoms with Crippen LogP contribution in [0.2, 0.25) is 0 Å². The zero-order valence-corrected chi connectivity index (χ0v) is 29.3. The van der Waals surface area contributed by atoms with Gasteiger partial charge in [-0.2, -0.15) is 0 Å². The molecule has 4 N–H and O–H groups in total. The van der Waals surface area contributed by atoms with Crippen molar-refractivity contribution in [2.45, 2.75) is 68.9 Å². The molecule has 0 bridgehead atoms. The Morgan fingerprint density at radius 2 is 1.41 bits per heavy atom. The molecule has 3 rings (SSSR count). The molecule has 8 nitrogen and oxygen atoms in total. The maximum absolute atomic E-state index is 12.5. The lowest BCUT2D eigenvalue weighted by Crippen LogP contribution is -2.47. The SMILES string of the molecule is C=CCOC(=O)C[C@H](O)[C@H](NC(=O)CCCNC(=O)CC(O)C=CCCSC(c1ccccc1)(c1ccccc1)c1ccccc1)C(C)C. The second kappa shape index (κ2) is 21.0. The van der Waals surface area contributed by atoms with Crippen LogP contribution in [0.4, 0.5) is 0 Å². The third-order valence-electron chi connectivity index (χ3n) is 8.00. The highest BCUT2D eigenvalue weighted by atomic mass is 32.2. The zero-order valence-electron chi connectivity index (χ0n) is 28.5. The van der Waals surface area contributed by atoms with Crippen LogP contribution in [0.25, 0.3) is 0 Å². The van der Waals surface area contributed by atoms with Gasteiger partial charge in [-0.25, -0.2) is 0 Å². The average molecular weight is 687 g/mol. The third kappa shape index (κ3) is 12.7. The van der Waals surface area contributed by atoms with Crippen molar-refractivity contribution in [2.24, 2.45) is 5.92 Å². The highest BCUT2D eigenvalue weighted by molar-refractivity contribution is 8.00. The third-order valence-corrected chi connectivity index (χ3v) is 9.58. The Morgan fingerprint density at radius 3 is 1.92 bits per heavy atom. The van der Waals surface area contributed by atoms with Gasteiger partial charge in [0.05, 0.1) is 35.8 Å². The van der Waals surface area contributed by atoms with Gasteiger partial charge in [-0.1, -0.05) is 130 Å². The Morgan fingerprint density at radius 1 is 0.857 bits per heavy atom. The highest BCUT2D eigenvalue weighted by Crippen LogP contribution is 2.48. The number of allylic oxidation sites excluding steroid dienone is 1. The van der Waals surface area contributed by atoms with Gasteiger partial charge in [0.1, 0.15) is 6.61 Å². The van der Waals surface area contributed by atoms with Crippen LogP contribution in [0.5, 0.6) is 0 Å². The lowest BCUT2D eigenvalue weighted by molar-refractivity contribution is -0.145. The Bertz CT molecular complexity index is 1370. The number of benzene rings is 3. The van der Waals surface area contributed by atoms with Crippen molar-refractivity contribution in [3.05, 3.63) is 132 Å². The minimum atomic E-state index is -1.09. The fourth-order valence-corrected chi connectivity index (χ4v) is 7.05. The summed E-state index contributed by atoms with van der Waals surface area (Å²) in [6, 6.07) is 30.8. The number of hydrogen-bond acceptors (Lipinski definition) is 7. The molecule has 0 heterocycles. The van der Waals surface area contributed by atoms with E-state index in [2.05, 4.69) is 90.0 Å². The van der Waals surface area contributed by atoms with Crippen LogP contribution >= 0.6 is 11.8 Å². The van der Waals surface area contributed by atoms with Crippen molar-refractivity contribution in [1.29, 1.82) is 0 Å². The molecule has 0 aliphatic heterocycles. The van der Waals surface area contributed by atoms with Crippen molar-refractivity contribution in [2.75, 3.05) is 18.9 Å². The van der Waals surface area contributed by atoms with Gasteiger partial charge in [0.15, 0.2) is 0 Å². The largest absolute Gasteiger partial charge is 0.461 e. The zero-order chi connectivity index (χ0) is 35.5. The lowest BCUT2D eigenvalue weighted by Gasteiger charge is -2.35. The molecule has 2 amide bonds. The maximum atomic E-state index is 12.5. The van der Waals surface area contributed by atoms with E-state index >= 15 is 0 Å². The summed E-state index contributed by atoms with van der Waals surface area (Å²) >= 11 is 1.84. The number of rotatable bonds is 21. The number of nitrogens with one attached hydrogen (secondary N) is 2. The summed E-state index contributed by atoms with van der Waals surface area (Å²) in [7, 11) is 0. The van der Waals surface area contributed by atoms with Crippen LogP contribution in [0.1, 0.15) is 62.6 Å². The number of ether oxygens (including phenoxy) is 1. The molecule has 1 unspecified atom stereocenters. The van der Waals surface area contributed by atoms with Gasteiger partial charge in [-0.05, 0) is 41.2 Å². The predicted molar refractivity (Wildman–Crippen MR) is 197 cm³/mol. The summed E-state index contributed by atoms with van der Waals surface area (Å²) < 4.78 is 4.51. The lowest BCUT2D eigenvalue weighted by atomic mass is 9.84. The van der Waals surface area contributed by atoms with E-state index in [-0.39, 0.29) is 50.1 Å². The van der Waals surface area contributed by atoms with Gasteiger partial charge in [0.2, 0.25) is 11.8 Å². The van der Waals surface area contributed by atoms with Gasteiger partial charge in [-0.3, -0.25) is 14.4 Å². The van der Waals surface area contributed by atoms with Gasteiger partial charge < -0.3 is 25.6 Å². The Labute approximate surface area is 295 Å². The molecular formula is C40H50N2O6S. The summed E-state index contributed by atoms with van der Waals surface area (Å²) in [6.07, 6.45) is 3.90. The van der Waals surface area contributed by atoms with Crippen molar-refractivity contribution < 1.29 is 29.3 Å². The Kier molecular flexibility index (Phi) is 16.8. The van der Waals surface area contributed by atoms with Gasteiger partial charge in [0.25, 0.3) is 0 Å². The molecule has 0 aromatic heterocycles. The number of carbonyl (C=O) groups is 3. The van der Waals surface area contributed by atoms with E-state index in [1.807, 2.05) is 49.9 Å². The highest BCUT2D eigenvalue weighted by Gasteiger charge is 2.36. The minimum absolute atomic E-state index is 0.0581. The van der Waals surface area contributed by atoms with Crippen LogP contribution in [0.3, 0.4) is 0 Å². The summed E-state index contributed by atoms with van der Waals surface area (Å²) in [5.74, 6) is -0.496. The van der Waals surface area contributed by atoms with Crippen LogP contribution in [-0.2, 0) is 23.9 Å². The molecule has 3 aromatic carbocycles. The molecule has 3 aromatic rings. The molecule has 9 heteroatoms. The van der Waals surface area contributed by atoms with E-state index in [1.165, 1.54) is 22.8 Å². The molecule has 0 fully saturated rings. The molecule has 0 saturated heterocycles. The molecule has 49 heavy (non-hydrogen) atoms. The van der Waals surface area contributed by atoms with Crippen LogP contribution in [0.15, 0.2) is 116 Å². The molecule has 0 radical (unpaired) electrons. The predicted octanol–water partition coefficient (Wildman–Crippen LogP) is 5.93. The Hall–Kier alpha value is -4.18. The fraction of sp³-hybridized carbons (Fsp3) is 0.375. The van der Waals surface area contributed by atoms with Gasteiger partial charge in [0, 0.05) is 13.0 Å². The van der Waals surface area contributed by atoms with E-state index in [4.69, 9.17) is 4.74 Å². The van der Waals surface area contributed by atoms with Crippen molar-refractivity contribution in [1.82, 2.24) is 10.6 Å². The monoisotopic (exact) mass is 686 g/mol.